The van der Waals surface area contributed by atoms with E-state index in [0.29, 0.717) is 14.5 Å². The zero-order valence-electron chi connectivity index (χ0n) is 6.44. The summed E-state index contributed by atoms with van der Waals surface area (Å²) in [5.41, 5.74) is 6.09. The van der Waals surface area contributed by atoms with Crippen molar-refractivity contribution in [3.05, 3.63) is 32.5 Å². The third kappa shape index (κ3) is 2.06. The molecule has 0 fully saturated rings. The SMILES string of the molecule is C[C@H](N)c1c(F)cc(Br)cc1Br. The van der Waals surface area contributed by atoms with E-state index in [9.17, 15) is 4.39 Å². The van der Waals surface area contributed by atoms with Gasteiger partial charge in [-0.3, -0.25) is 0 Å². The van der Waals surface area contributed by atoms with E-state index in [2.05, 4.69) is 31.9 Å². The van der Waals surface area contributed by atoms with Crippen molar-refractivity contribution < 1.29 is 4.39 Å². The lowest BCUT2D eigenvalue weighted by atomic mass is 10.1. The molecule has 1 aromatic carbocycles. The Bertz CT molecular complexity index is 276. The van der Waals surface area contributed by atoms with Crippen LogP contribution in [0.4, 0.5) is 4.39 Å². The Morgan fingerprint density at radius 3 is 2.42 bits per heavy atom. The van der Waals surface area contributed by atoms with E-state index in [1.54, 1.807) is 13.0 Å². The minimum absolute atomic E-state index is 0.286. The molecular weight excluding hydrogens is 289 g/mol. The van der Waals surface area contributed by atoms with Crippen LogP contribution < -0.4 is 5.73 Å². The van der Waals surface area contributed by atoms with Gasteiger partial charge in [0.2, 0.25) is 0 Å². The van der Waals surface area contributed by atoms with Gasteiger partial charge in [0.25, 0.3) is 0 Å². The fourth-order valence-corrected chi connectivity index (χ4v) is 2.52. The molecule has 0 amide bonds. The van der Waals surface area contributed by atoms with Crippen LogP contribution >= 0.6 is 31.9 Å². The summed E-state index contributed by atoms with van der Waals surface area (Å²) in [5.74, 6) is -0.286. The Hall–Kier alpha value is 0.0700. The number of hydrogen-bond acceptors (Lipinski definition) is 1. The zero-order valence-corrected chi connectivity index (χ0v) is 9.62. The van der Waals surface area contributed by atoms with Crippen LogP contribution in [0, 0.1) is 5.82 Å². The van der Waals surface area contributed by atoms with Crippen LogP contribution in [0.15, 0.2) is 21.1 Å². The maximum absolute atomic E-state index is 13.2. The van der Waals surface area contributed by atoms with Crippen molar-refractivity contribution in [1.29, 1.82) is 0 Å². The standard InChI is InChI=1S/C8H8Br2FN/c1-4(12)8-6(10)2-5(9)3-7(8)11/h2-4H,12H2,1H3/t4-/m0/s1. The minimum Gasteiger partial charge on any atom is -0.324 e. The van der Waals surface area contributed by atoms with Crippen molar-refractivity contribution in [2.45, 2.75) is 13.0 Å². The van der Waals surface area contributed by atoms with E-state index >= 15 is 0 Å². The summed E-state index contributed by atoms with van der Waals surface area (Å²) in [6.07, 6.45) is 0. The van der Waals surface area contributed by atoms with E-state index in [1.165, 1.54) is 6.07 Å². The fourth-order valence-electron chi connectivity index (χ4n) is 0.988. The van der Waals surface area contributed by atoms with Gasteiger partial charge in [-0.1, -0.05) is 31.9 Å². The van der Waals surface area contributed by atoms with Crippen LogP contribution in [0.2, 0.25) is 0 Å². The largest absolute Gasteiger partial charge is 0.324 e. The summed E-state index contributed by atoms with van der Waals surface area (Å²) in [4.78, 5) is 0. The first-order chi connectivity index (χ1) is 5.52. The Labute approximate surface area is 87.4 Å². The van der Waals surface area contributed by atoms with Crippen molar-refractivity contribution in [2.24, 2.45) is 5.73 Å². The third-order valence-corrected chi connectivity index (χ3v) is 2.61. The normalized spacial score (nSPS) is 13.1. The molecule has 4 heteroatoms. The molecule has 0 bridgehead atoms. The zero-order chi connectivity index (χ0) is 9.30. The summed E-state index contributed by atoms with van der Waals surface area (Å²) in [6, 6.07) is 2.89. The van der Waals surface area contributed by atoms with Crippen LogP contribution in [0.25, 0.3) is 0 Å². The van der Waals surface area contributed by atoms with E-state index in [4.69, 9.17) is 5.73 Å². The molecule has 0 aliphatic heterocycles. The maximum Gasteiger partial charge on any atom is 0.130 e. The van der Waals surface area contributed by atoms with Crippen molar-refractivity contribution in [2.75, 3.05) is 0 Å². The monoisotopic (exact) mass is 295 g/mol. The van der Waals surface area contributed by atoms with Gasteiger partial charge in [0.15, 0.2) is 0 Å². The summed E-state index contributed by atoms with van der Waals surface area (Å²) in [5, 5.41) is 0. The molecule has 1 atom stereocenters. The molecule has 1 rings (SSSR count). The molecule has 1 aromatic rings. The molecule has 0 saturated heterocycles. The molecule has 0 spiro atoms. The highest BCUT2D eigenvalue weighted by Gasteiger charge is 2.11. The van der Waals surface area contributed by atoms with E-state index in [0.717, 1.165) is 0 Å². The van der Waals surface area contributed by atoms with E-state index in [-0.39, 0.29) is 11.9 Å². The smallest absolute Gasteiger partial charge is 0.130 e. The minimum atomic E-state index is -0.299. The van der Waals surface area contributed by atoms with E-state index < -0.39 is 0 Å². The van der Waals surface area contributed by atoms with Crippen LogP contribution in [-0.2, 0) is 0 Å². The highest BCUT2D eigenvalue weighted by atomic mass is 79.9. The molecule has 1 nitrogen and oxygen atoms in total. The molecule has 0 saturated carbocycles. The van der Waals surface area contributed by atoms with Crippen LogP contribution in [-0.4, -0.2) is 0 Å². The van der Waals surface area contributed by atoms with Gasteiger partial charge in [-0.2, -0.15) is 0 Å². The second kappa shape index (κ2) is 3.85. The van der Waals surface area contributed by atoms with Crippen molar-refractivity contribution in [3.63, 3.8) is 0 Å². The third-order valence-electron chi connectivity index (χ3n) is 1.50. The lowest BCUT2D eigenvalue weighted by Crippen LogP contribution is -2.08. The molecule has 0 aliphatic carbocycles. The number of nitrogens with two attached hydrogens (primary N) is 1. The summed E-state index contributed by atoms with van der Waals surface area (Å²) in [7, 11) is 0. The number of benzene rings is 1. The lowest BCUT2D eigenvalue weighted by molar-refractivity contribution is 0.591. The molecule has 66 valence electrons. The Morgan fingerprint density at radius 2 is 2.00 bits per heavy atom. The van der Waals surface area contributed by atoms with Gasteiger partial charge in [0.1, 0.15) is 5.82 Å². The van der Waals surface area contributed by atoms with Crippen molar-refractivity contribution in [1.82, 2.24) is 0 Å². The quantitative estimate of drug-likeness (QED) is 0.845. The summed E-state index contributed by atoms with van der Waals surface area (Å²) >= 11 is 6.43. The van der Waals surface area contributed by atoms with Crippen molar-refractivity contribution in [3.8, 4) is 0 Å². The van der Waals surface area contributed by atoms with Crippen LogP contribution in [0.1, 0.15) is 18.5 Å². The highest BCUT2D eigenvalue weighted by Crippen LogP contribution is 2.28. The Kier molecular flexibility index (Phi) is 3.26. The molecule has 0 radical (unpaired) electrons. The first kappa shape index (κ1) is 10.2. The Morgan fingerprint density at radius 1 is 1.42 bits per heavy atom. The second-order valence-electron chi connectivity index (χ2n) is 2.57. The van der Waals surface area contributed by atoms with Gasteiger partial charge in [0, 0.05) is 20.6 Å². The van der Waals surface area contributed by atoms with Crippen molar-refractivity contribution >= 4 is 31.9 Å². The van der Waals surface area contributed by atoms with E-state index in [1.807, 2.05) is 0 Å². The number of halogens is 3. The summed E-state index contributed by atoms with van der Waals surface area (Å²) in [6.45, 7) is 1.75. The average Bonchev–Trinajstić information content (AvgIpc) is 1.82. The van der Waals surface area contributed by atoms with Crippen LogP contribution in [0.3, 0.4) is 0 Å². The van der Waals surface area contributed by atoms with Gasteiger partial charge in [-0.25, -0.2) is 4.39 Å². The average molecular weight is 297 g/mol. The van der Waals surface area contributed by atoms with Gasteiger partial charge in [-0.05, 0) is 19.1 Å². The molecule has 0 heterocycles. The maximum atomic E-state index is 13.2. The second-order valence-corrected chi connectivity index (χ2v) is 4.34. The van der Waals surface area contributed by atoms with Gasteiger partial charge in [0.05, 0.1) is 0 Å². The van der Waals surface area contributed by atoms with Gasteiger partial charge < -0.3 is 5.73 Å². The molecule has 2 N–H and O–H groups in total. The first-order valence-electron chi connectivity index (χ1n) is 3.42. The number of hydrogen-bond donors (Lipinski definition) is 1. The fraction of sp³-hybridized carbons (Fsp3) is 0.250. The molecule has 0 aromatic heterocycles. The first-order valence-corrected chi connectivity index (χ1v) is 5.01. The lowest BCUT2D eigenvalue weighted by Gasteiger charge is -2.09. The van der Waals surface area contributed by atoms with Gasteiger partial charge >= 0.3 is 0 Å². The van der Waals surface area contributed by atoms with Crippen LogP contribution in [0.5, 0.6) is 0 Å². The molecule has 12 heavy (non-hydrogen) atoms. The molecule has 0 unspecified atom stereocenters. The highest BCUT2D eigenvalue weighted by molar-refractivity contribution is 9.11. The topological polar surface area (TPSA) is 26.0 Å². The molecule has 0 aliphatic rings. The van der Waals surface area contributed by atoms with Gasteiger partial charge in [-0.15, -0.1) is 0 Å². The molecular formula is C8H8Br2FN. The summed E-state index contributed by atoms with van der Waals surface area (Å²) < 4.78 is 14.6. The Balaban J connectivity index is 3.28. The predicted octanol–water partition coefficient (Wildman–Crippen LogP) is 3.37. The number of rotatable bonds is 1. The predicted molar refractivity (Wildman–Crippen MR) is 54.4 cm³/mol.